The normalized spacial score (nSPS) is 10.6. The third-order valence-corrected chi connectivity index (χ3v) is 4.59. The number of nitrogens with one attached hydrogen (secondary N) is 1. The molecular formula is C21H22N4O4. The quantitative estimate of drug-likeness (QED) is 0.465. The molecule has 0 fully saturated rings. The van der Waals surface area contributed by atoms with Gasteiger partial charge in [-0.2, -0.15) is 5.10 Å². The zero-order chi connectivity index (χ0) is 20.8. The molecule has 1 amide bonds. The Balaban J connectivity index is 1.58. The molecule has 0 radical (unpaired) electrons. The SMILES string of the molecule is CCn1ncc(CNC(=O)c2cccc(COc3ccc([N+](=O)[O-])cc3)c2)c1C. The molecule has 0 aliphatic carbocycles. The van der Waals surface area contributed by atoms with E-state index >= 15 is 0 Å². The largest absolute Gasteiger partial charge is 0.489 e. The number of nitro groups is 1. The third-order valence-electron chi connectivity index (χ3n) is 4.59. The topological polar surface area (TPSA) is 99.3 Å². The van der Waals surface area contributed by atoms with Crippen LogP contribution >= 0.6 is 0 Å². The molecule has 150 valence electrons. The number of benzene rings is 2. The molecule has 8 heteroatoms. The van der Waals surface area contributed by atoms with Crippen LogP contribution in [0, 0.1) is 17.0 Å². The van der Waals surface area contributed by atoms with E-state index in [4.69, 9.17) is 4.74 Å². The highest BCUT2D eigenvalue weighted by molar-refractivity contribution is 5.94. The maximum Gasteiger partial charge on any atom is 0.269 e. The van der Waals surface area contributed by atoms with Crippen molar-refractivity contribution in [1.29, 1.82) is 0 Å². The van der Waals surface area contributed by atoms with Gasteiger partial charge in [-0.05, 0) is 43.7 Å². The number of ether oxygens (including phenoxy) is 1. The fourth-order valence-electron chi connectivity index (χ4n) is 2.89. The average molecular weight is 394 g/mol. The Morgan fingerprint density at radius 2 is 2.00 bits per heavy atom. The average Bonchev–Trinajstić information content (AvgIpc) is 3.10. The van der Waals surface area contributed by atoms with E-state index in [1.54, 1.807) is 36.5 Å². The van der Waals surface area contributed by atoms with E-state index in [0.29, 0.717) is 17.9 Å². The molecule has 3 rings (SSSR count). The third kappa shape index (κ3) is 4.98. The summed E-state index contributed by atoms with van der Waals surface area (Å²) in [6, 6.07) is 13.0. The summed E-state index contributed by atoms with van der Waals surface area (Å²) in [4.78, 5) is 22.7. The molecule has 8 nitrogen and oxygen atoms in total. The van der Waals surface area contributed by atoms with E-state index in [2.05, 4.69) is 10.4 Å². The molecule has 0 atom stereocenters. The summed E-state index contributed by atoms with van der Waals surface area (Å²) in [5.74, 6) is 0.347. The van der Waals surface area contributed by atoms with Crippen LogP contribution in [0.4, 0.5) is 5.69 Å². The first kappa shape index (κ1) is 20.1. The molecule has 2 aromatic carbocycles. The Hall–Kier alpha value is -3.68. The first-order valence-electron chi connectivity index (χ1n) is 9.23. The van der Waals surface area contributed by atoms with Crippen molar-refractivity contribution in [3.05, 3.63) is 87.2 Å². The van der Waals surface area contributed by atoms with Crippen molar-refractivity contribution < 1.29 is 14.5 Å². The van der Waals surface area contributed by atoms with Gasteiger partial charge >= 0.3 is 0 Å². The second-order valence-corrected chi connectivity index (χ2v) is 6.49. The second kappa shape index (κ2) is 9.01. The number of hydrogen-bond acceptors (Lipinski definition) is 5. The second-order valence-electron chi connectivity index (χ2n) is 6.49. The minimum atomic E-state index is -0.458. The fourth-order valence-corrected chi connectivity index (χ4v) is 2.89. The highest BCUT2D eigenvalue weighted by Gasteiger charge is 2.10. The smallest absolute Gasteiger partial charge is 0.269 e. The number of nitrogens with zero attached hydrogens (tertiary/aromatic N) is 3. The molecule has 0 saturated carbocycles. The summed E-state index contributed by atoms with van der Waals surface area (Å²) in [5.41, 5.74) is 3.40. The van der Waals surface area contributed by atoms with Crippen molar-refractivity contribution in [2.24, 2.45) is 0 Å². The van der Waals surface area contributed by atoms with E-state index in [-0.39, 0.29) is 18.2 Å². The Labute approximate surface area is 168 Å². The molecule has 1 aromatic heterocycles. The molecule has 0 aliphatic heterocycles. The van der Waals surface area contributed by atoms with E-state index < -0.39 is 4.92 Å². The van der Waals surface area contributed by atoms with Crippen LogP contribution in [0.15, 0.2) is 54.7 Å². The van der Waals surface area contributed by atoms with Gasteiger partial charge in [-0.25, -0.2) is 0 Å². The highest BCUT2D eigenvalue weighted by atomic mass is 16.6. The van der Waals surface area contributed by atoms with Gasteiger partial charge in [0.05, 0.1) is 11.1 Å². The van der Waals surface area contributed by atoms with Crippen LogP contribution in [0.2, 0.25) is 0 Å². The van der Waals surface area contributed by atoms with Gasteiger partial charge < -0.3 is 10.1 Å². The summed E-state index contributed by atoms with van der Waals surface area (Å²) < 4.78 is 7.54. The van der Waals surface area contributed by atoms with Crippen molar-refractivity contribution >= 4 is 11.6 Å². The number of non-ortho nitro benzene ring substituents is 1. The number of aromatic nitrogens is 2. The molecule has 0 unspecified atom stereocenters. The van der Waals surface area contributed by atoms with Crippen LogP contribution < -0.4 is 10.1 Å². The van der Waals surface area contributed by atoms with Gasteiger partial charge in [-0.15, -0.1) is 0 Å². The summed E-state index contributed by atoms with van der Waals surface area (Å²) >= 11 is 0. The summed E-state index contributed by atoms with van der Waals surface area (Å²) in [6.07, 6.45) is 1.77. The van der Waals surface area contributed by atoms with Crippen LogP contribution in [0.3, 0.4) is 0 Å². The van der Waals surface area contributed by atoms with Crippen molar-refractivity contribution in [2.75, 3.05) is 0 Å². The Morgan fingerprint density at radius 3 is 2.66 bits per heavy atom. The minimum Gasteiger partial charge on any atom is -0.489 e. The molecular weight excluding hydrogens is 372 g/mol. The first-order valence-corrected chi connectivity index (χ1v) is 9.23. The van der Waals surface area contributed by atoms with E-state index in [1.165, 1.54) is 12.1 Å². The van der Waals surface area contributed by atoms with Crippen molar-refractivity contribution in [1.82, 2.24) is 15.1 Å². The molecule has 3 aromatic rings. The maximum atomic E-state index is 12.5. The Morgan fingerprint density at radius 1 is 1.24 bits per heavy atom. The Bertz CT molecular complexity index is 1010. The summed E-state index contributed by atoms with van der Waals surface area (Å²) in [5, 5.41) is 17.9. The van der Waals surface area contributed by atoms with Gasteiger partial charge in [0.2, 0.25) is 0 Å². The predicted octanol–water partition coefficient (Wildman–Crippen LogP) is 3.63. The van der Waals surface area contributed by atoms with Gasteiger partial charge in [0.25, 0.3) is 11.6 Å². The maximum absolute atomic E-state index is 12.5. The standard InChI is InChI=1S/C21H22N4O4/c1-3-24-15(2)18(13-23-24)12-22-21(26)17-6-4-5-16(11-17)14-29-20-9-7-19(8-10-20)25(27)28/h4-11,13H,3,12,14H2,1-2H3,(H,22,26). The number of carbonyl (C=O) groups excluding carboxylic acids is 1. The van der Waals surface area contributed by atoms with Gasteiger partial charge in [-0.1, -0.05) is 12.1 Å². The summed E-state index contributed by atoms with van der Waals surface area (Å²) in [7, 11) is 0. The lowest BCUT2D eigenvalue weighted by Crippen LogP contribution is -2.23. The molecule has 0 aliphatic rings. The van der Waals surface area contributed by atoms with Gasteiger partial charge in [-0.3, -0.25) is 19.6 Å². The number of aryl methyl sites for hydroxylation is 1. The highest BCUT2D eigenvalue weighted by Crippen LogP contribution is 2.18. The molecule has 0 spiro atoms. The Kier molecular flexibility index (Phi) is 6.23. The number of amides is 1. The molecule has 29 heavy (non-hydrogen) atoms. The zero-order valence-corrected chi connectivity index (χ0v) is 16.3. The van der Waals surface area contributed by atoms with Crippen LogP contribution in [-0.4, -0.2) is 20.6 Å². The molecule has 1 N–H and O–H groups in total. The minimum absolute atomic E-state index is 0.00994. The van der Waals surface area contributed by atoms with E-state index in [9.17, 15) is 14.9 Å². The van der Waals surface area contributed by atoms with E-state index in [0.717, 1.165) is 23.4 Å². The van der Waals surface area contributed by atoms with Crippen molar-refractivity contribution in [2.45, 2.75) is 33.5 Å². The lowest BCUT2D eigenvalue weighted by molar-refractivity contribution is -0.384. The molecule has 0 bridgehead atoms. The number of nitro benzene ring substituents is 1. The van der Waals surface area contributed by atoms with Gasteiger partial charge in [0.1, 0.15) is 12.4 Å². The van der Waals surface area contributed by atoms with Crippen LogP contribution in [0.1, 0.15) is 34.1 Å². The van der Waals surface area contributed by atoms with Gasteiger partial charge in [0, 0.05) is 42.0 Å². The van der Waals surface area contributed by atoms with Crippen molar-refractivity contribution in [3.63, 3.8) is 0 Å². The molecule has 1 heterocycles. The van der Waals surface area contributed by atoms with Crippen LogP contribution in [-0.2, 0) is 19.7 Å². The monoisotopic (exact) mass is 394 g/mol. The molecule has 0 saturated heterocycles. The lowest BCUT2D eigenvalue weighted by Gasteiger charge is -2.09. The number of rotatable bonds is 8. The predicted molar refractivity (Wildman–Crippen MR) is 108 cm³/mol. The zero-order valence-electron chi connectivity index (χ0n) is 16.3. The fraction of sp³-hybridized carbons (Fsp3) is 0.238. The van der Waals surface area contributed by atoms with Crippen molar-refractivity contribution in [3.8, 4) is 5.75 Å². The van der Waals surface area contributed by atoms with E-state index in [1.807, 2.05) is 24.6 Å². The number of hydrogen-bond donors (Lipinski definition) is 1. The van der Waals surface area contributed by atoms with Gasteiger partial charge in [0.15, 0.2) is 0 Å². The summed E-state index contributed by atoms with van der Waals surface area (Å²) in [6.45, 7) is 5.45. The number of carbonyl (C=O) groups is 1. The lowest BCUT2D eigenvalue weighted by atomic mass is 10.1. The van der Waals surface area contributed by atoms with Crippen LogP contribution in [0.25, 0.3) is 0 Å². The first-order chi connectivity index (χ1) is 14.0. The van der Waals surface area contributed by atoms with Crippen LogP contribution in [0.5, 0.6) is 5.75 Å².